The van der Waals surface area contributed by atoms with Crippen molar-refractivity contribution in [3.8, 4) is 0 Å². The SMILES string of the molecule is CC(C)C(C)SC(C(=O)NN)c1ccccc1. The summed E-state index contributed by atoms with van der Waals surface area (Å²) in [6, 6.07) is 9.73. The van der Waals surface area contributed by atoms with Crippen LogP contribution in [0.4, 0.5) is 0 Å². The number of thioether (sulfide) groups is 1. The van der Waals surface area contributed by atoms with Crippen molar-refractivity contribution in [2.24, 2.45) is 11.8 Å². The van der Waals surface area contributed by atoms with Gasteiger partial charge in [0.1, 0.15) is 5.25 Å². The first-order valence-corrected chi connectivity index (χ1v) is 6.71. The molecule has 0 heterocycles. The van der Waals surface area contributed by atoms with Gasteiger partial charge in [-0.05, 0) is 11.5 Å². The first-order valence-electron chi connectivity index (χ1n) is 5.77. The van der Waals surface area contributed by atoms with Crippen LogP contribution < -0.4 is 11.3 Å². The Morgan fingerprint density at radius 2 is 1.82 bits per heavy atom. The van der Waals surface area contributed by atoms with Crippen molar-refractivity contribution in [2.75, 3.05) is 0 Å². The summed E-state index contributed by atoms with van der Waals surface area (Å²) in [4.78, 5) is 11.8. The van der Waals surface area contributed by atoms with Gasteiger partial charge < -0.3 is 0 Å². The van der Waals surface area contributed by atoms with E-state index in [1.807, 2.05) is 30.3 Å². The summed E-state index contributed by atoms with van der Waals surface area (Å²) in [5.41, 5.74) is 3.24. The van der Waals surface area contributed by atoms with Gasteiger partial charge in [0.05, 0.1) is 0 Å². The highest BCUT2D eigenvalue weighted by atomic mass is 32.2. The molecule has 1 rings (SSSR count). The molecule has 1 aromatic carbocycles. The predicted octanol–water partition coefficient (Wildman–Crippen LogP) is 2.50. The quantitative estimate of drug-likeness (QED) is 0.481. The molecule has 0 fully saturated rings. The smallest absolute Gasteiger partial charge is 0.251 e. The van der Waals surface area contributed by atoms with Crippen molar-refractivity contribution >= 4 is 17.7 Å². The number of hydrazine groups is 1. The molecule has 0 saturated carbocycles. The average Bonchev–Trinajstić information content (AvgIpc) is 2.35. The topological polar surface area (TPSA) is 55.1 Å². The molecule has 4 heteroatoms. The van der Waals surface area contributed by atoms with Gasteiger partial charge in [-0.25, -0.2) is 5.84 Å². The second kappa shape index (κ2) is 6.67. The Hall–Kier alpha value is -1.00. The average molecular weight is 252 g/mol. The van der Waals surface area contributed by atoms with Crippen LogP contribution in [0.1, 0.15) is 31.6 Å². The Morgan fingerprint density at radius 3 is 2.29 bits per heavy atom. The summed E-state index contributed by atoms with van der Waals surface area (Å²) in [5.74, 6) is 5.63. The highest BCUT2D eigenvalue weighted by Crippen LogP contribution is 2.34. The van der Waals surface area contributed by atoms with E-state index in [4.69, 9.17) is 5.84 Å². The van der Waals surface area contributed by atoms with Crippen LogP contribution in [0.2, 0.25) is 0 Å². The van der Waals surface area contributed by atoms with Crippen molar-refractivity contribution in [1.82, 2.24) is 5.43 Å². The van der Waals surface area contributed by atoms with Gasteiger partial charge in [-0.2, -0.15) is 0 Å². The zero-order valence-corrected chi connectivity index (χ0v) is 11.3. The molecule has 1 amide bonds. The third-order valence-electron chi connectivity index (χ3n) is 2.77. The minimum absolute atomic E-state index is 0.145. The third kappa shape index (κ3) is 4.06. The highest BCUT2D eigenvalue weighted by molar-refractivity contribution is 8.00. The van der Waals surface area contributed by atoms with Gasteiger partial charge in [-0.15, -0.1) is 11.8 Å². The second-order valence-electron chi connectivity index (χ2n) is 4.38. The molecule has 1 aromatic rings. The minimum atomic E-state index is -0.237. The number of nitrogens with two attached hydrogens (primary N) is 1. The molecule has 3 N–H and O–H groups in total. The van der Waals surface area contributed by atoms with Crippen molar-refractivity contribution in [3.63, 3.8) is 0 Å². The number of carbonyl (C=O) groups excluding carboxylic acids is 1. The number of benzene rings is 1. The summed E-state index contributed by atoms with van der Waals surface area (Å²) < 4.78 is 0. The van der Waals surface area contributed by atoms with Crippen LogP contribution in [0, 0.1) is 5.92 Å². The van der Waals surface area contributed by atoms with Crippen LogP contribution in [-0.2, 0) is 4.79 Å². The fourth-order valence-corrected chi connectivity index (χ4v) is 2.62. The van der Waals surface area contributed by atoms with E-state index >= 15 is 0 Å². The van der Waals surface area contributed by atoms with E-state index in [2.05, 4.69) is 26.2 Å². The van der Waals surface area contributed by atoms with Gasteiger partial charge in [0.2, 0.25) is 0 Å². The van der Waals surface area contributed by atoms with Crippen LogP contribution in [-0.4, -0.2) is 11.2 Å². The summed E-state index contributed by atoms with van der Waals surface area (Å²) >= 11 is 1.65. The zero-order valence-electron chi connectivity index (χ0n) is 10.5. The first kappa shape index (κ1) is 14.1. The van der Waals surface area contributed by atoms with Crippen LogP contribution >= 0.6 is 11.8 Å². The molecular weight excluding hydrogens is 232 g/mol. The molecule has 0 aliphatic rings. The molecule has 0 bridgehead atoms. The Bertz CT molecular complexity index is 354. The van der Waals surface area contributed by atoms with E-state index in [9.17, 15) is 4.79 Å². The number of hydrogen-bond acceptors (Lipinski definition) is 3. The largest absolute Gasteiger partial charge is 0.293 e. The van der Waals surface area contributed by atoms with Crippen LogP contribution in [0.15, 0.2) is 30.3 Å². The summed E-state index contributed by atoms with van der Waals surface area (Å²) in [6.07, 6.45) is 0. The number of hydrogen-bond donors (Lipinski definition) is 2. The molecule has 0 aliphatic heterocycles. The summed E-state index contributed by atoms with van der Waals surface area (Å²) in [7, 11) is 0. The van der Waals surface area contributed by atoms with Crippen molar-refractivity contribution < 1.29 is 4.79 Å². The van der Waals surface area contributed by atoms with Gasteiger partial charge in [-0.3, -0.25) is 10.2 Å². The lowest BCUT2D eigenvalue weighted by Gasteiger charge is -2.22. The predicted molar refractivity (Wildman–Crippen MR) is 73.4 cm³/mol. The van der Waals surface area contributed by atoms with Crippen molar-refractivity contribution in [2.45, 2.75) is 31.3 Å². The zero-order chi connectivity index (χ0) is 12.8. The van der Waals surface area contributed by atoms with Crippen LogP contribution in [0.25, 0.3) is 0 Å². The maximum Gasteiger partial charge on any atom is 0.251 e. The highest BCUT2D eigenvalue weighted by Gasteiger charge is 2.23. The molecule has 3 nitrogen and oxygen atoms in total. The van der Waals surface area contributed by atoms with Gasteiger partial charge in [0.15, 0.2) is 0 Å². The van der Waals surface area contributed by atoms with E-state index < -0.39 is 0 Å². The van der Waals surface area contributed by atoms with Crippen molar-refractivity contribution in [1.29, 1.82) is 0 Å². The molecule has 0 radical (unpaired) electrons. The van der Waals surface area contributed by atoms with Crippen LogP contribution in [0.5, 0.6) is 0 Å². The number of carbonyl (C=O) groups is 1. The van der Waals surface area contributed by atoms with E-state index in [-0.39, 0.29) is 11.2 Å². The van der Waals surface area contributed by atoms with Crippen molar-refractivity contribution in [3.05, 3.63) is 35.9 Å². The fourth-order valence-electron chi connectivity index (χ4n) is 1.37. The molecule has 0 spiro atoms. The minimum Gasteiger partial charge on any atom is -0.293 e. The van der Waals surface area contributed by atoms with E-state index in [0.717, 1.165) is 5.56 Å². The fraction of sp³-hybridized carbons (Fsp3) is 0.462. The molecule has 0 aliphatic carbocycles. The van der Waals surface area contributed by atoms with Gasteiger partial charge in [0.25, 0.3) is 5.91 Å². The lowest BCUT2D eigenvalue weighted by atomic mass is 10.1. The lowest BCUT2D eigenvalue weighted by Crippen LogP contribution is -2.34. The van der Waals surface area contributed by atoms with Gasteiger partial charge in [-0.1, -0.05) is 51.1 Å². The van der Waals surface area contributed by atoms with Gasteiger partial charge >= 0.3 is 0 Å². The number of rotatable bonds is 5. The normalized spacial score (nSPS) is 14.4. The molecule has 94 valence electrons. The second-order valence-corrected chi connectivity index (χ2v) is 5.87. The summed E-state index contributed by atoms with van der Waals surface area (Å²) in [6.45, 7) is 6.44. The Kier molecular flexibility index (Phi) is 5.51. The molecule has 2 atom stereocenters. The summed E-state index contributed by atoms with van der Waals surface area (Å²) in [5, 5.41) is 0.163. The molecule has 17 heavy (non-hydrogen) atoms. The van der Waals surface area contributed by atoms with E-state index in [1.54, 1.807) is 11.8 Å². The Labute approximate surface area is 107 Å². The van der Waals surface area contributed by atoms with Crippen LogP contribution in [0.3, 0.4) is 0 Å². The first-order chi connectivity index (χ1) is 8.06. The van der Waals surface area contributed by atoms with E-state index in [1.165, 1.54) is 0 Å². The monoisotopic (exact) mass is 252 g/mol. The Balaban J connectivity index is 2.86. The molecule has 2 unspecified atom stereocenters. The van der Waals surface area contributed by atoms with Gasteiger partial charge in [0, 0.05) is 5.25 Å². The molecule has 0 aromatic heterocycles. The maximum atomic E-state index is 11.8. The number of amides is 1. The molecular formula is C13H20N2OS. The maximum absolute atomic E-state index is 11.8. The molecule has 0 saturated heterocycles. The van der Waals surface area contributed by atoms with E-state index in [0.29, 0.717) is 11.2 Å². The third-order valence-corrected chi connectivity index (χ3v) is 4.50. The number of nitrogens with one attached hydrogen (secondary N) is 1. The lowest BCUT2D eigenvalue weighted by molar-refractivity contribution is -0.120. The Morgan fingerprint density at radius 1 is 1.24 bits per heavy atom. The standard InChI is InChI=1S/C13H20N2OS/c1-9(2)10(3)17-12(13(16)15-14)11-7-5-4-6-8-11/h4-10,12H,14H2,1-3H3,(H,15,16).